The minimum atomic E-state index is -0.434. The van der Waals surface area contributed by atoms with E-state index >= 15 is 0 Å². The summed E-state index contributed by atoms with van der Waals surface area (Å²) in [5.74, 6) is 2.16. The molecule has 7 nitrogen and oxygen atoms in total. The molecule has 3 aromatic carbocycles. The highest BCUT2D eigenvalue weighted by Gasteiger charge is 2.08. The molecule has 33 heavy (non-hydrogen) atoms. The zero-order valence-corrected chi connectivity index (χ0v) is 19.2. The summed E-state index contributed by atoms with van der Waals surface area (Å²) in [5.41, 5.74) is 6.89. The summed E-state index contributed by atoms with van der Waals surface area (Å²) >= 11 is 0. The first kappa shape index (κ1) is 23.8. The number of nitrogens with one attached hydrogen (secondary N) is 1. The molecule has 0 aliphatic rings. The summed E-state index contributed by atoms with van der Waals surface area (Å²) in [6, 6.07) is 20.0. The van der Waals surface area contributed by atoms with Gasteiger partial charge >= 0.3 is 0 Å². The third kappa shape index (κ3) is 7.35. The molecular formula is C26H29N3O4. The van der Waals surface area contributed by atoms with Crippen LogP contribution in [-0.2, 0) is 0 Å². The predicted molar refractivity (Wildman–Crippen MR) is 132 cm³/mol. The highest BCUT2D eigenvalue weighted by atomic mass is 16.6. The van der Waals surface area contributed by atoms with E-state index in [-0.39, 0.29) is 5.69 Å². The molecule has 0 unspecified atom stereocenters. The van der Waals surface area contributed by atoms with Gasteiger partial charge in [0.2, 0.25) is 0 Å². The van der Waals surface area contributed by atoms with Crippen molar-refractivity contribution in [3.63, 3.8) is 0 Å². The summed E-state index contributed by atoms with van der Waals surface area (Å²) in [6.07, 6.45) is 2.46. The van der Waals surface area contributed by atoms with E-state index in [0.29, 0.717) is 24.8 Å². The minimum absolute atomic E-state index is 0.0437. The number of non-ortho nitro benzene ring substituents is 1. The summed E-state index contributed by atoms with van der Waals surface area (Å²) < 4.78 is 11.8. The van der Waals surface area contributed by atoms with E-state index in [9.17, 15) is 10.1 Å². The van der Waals surface area contributed by atoms with Crippen molar-refractivity contribution >= 4 is 17.6 Å². The fourth-order valence-corrected chi connectivity index (χ4v) is 3.16. The minimum Gasteiger partial charge on any atom is -0.493 e. The van der Waals surface area contributed by atoms with E-state index in [2.05, 4.69) is 49.5 Å². The highest BCUT2D eigenvalue weighted by molar-refractivity contribution is 5.80. The van der Waals surface area contributed by atoms with Crippen LogP contribution in [0.1, 0.15) is 42.9 Å². The molecule has 0 fully saturated rings. The van der Waals surface area contributed by atoms with Crippen molar-refractivity contribution in [3.05, 3.63) is 93.5 Å². The van der Waals surface area contributed by atoms with Gasteiger partial charge < -0.3 is 9.47 Å². The Hall–Kier alpha value is -3.87. The largest absolute Gasteiger partial charge is 0.493 e. The van der Waals surface area contributed by atoms with E-state index in [4.69, 9.17) is 9.47 Å². The molecule has 0 amide bonds. The van der Waals surface area contributed by atoms with E-state index in [1.165, 1.54) is 23.3 Å². The van der Waals surface area contributed by atoms with E-state index in [1.807, 2.05) is 24.3 Å². The molecule has 0 aliphatic carbocycles. The standard InChI is InChI=1S/C26H29N3O4/c1-19(2)25-14-5-20(3)17-26(25)33-16-4-15-32-24-12-6-21(7-13-24)18-27-28-22-8-10-23(11-9-22)29(30)31/h5-14,17-19,28H,4,15-16H2,1-3H3. The number of rotatable bonds is 11. The summed E-state index contributed by atoms with van der Waals surface area (Å²) in [7, 11) is 0. The Morgan fingerprint density at radius 2 is 1.70 bits per heavy atom. The summed E-state index contributed by atoms with van der Waals surface area (Å²) in [5, 5.41) is 14.8. The fraction of sp³-hybridized carbons (Fsp3) is 0.269. The molecule has 0 saturated heterocycles. The van der Waals surface area contributed by atoms with Gasteiger partial charge in [0, 0.05) is 18.6 Å². The van der Waals surface area contributed by atoms with E-state index in [0.717, 1.165) is 23.5 Å². The lowest BCUT2D eigenvalue weighted by Crippen LogP contribution is -2.06. The summed E-state index contributed by atoms with van der Waals surface area (Å²) in [6.45, 7) is 7.57. The molecule has 0 radical (unpaired) electrons. The maximum absolute atomic E-state index is 10.7. The monoisotopic (exact) mass is 447 g/mol. The van der Waals surface area contributed by atoms with Crippen molar-refractivity contribution in [2.24, 2.45) is 5.10 Å². The topological polar surface area (TPSA) is 86.0 Å². The Kier molecular flexibility index (Phi) is 8.41. The van der Waals surface area contributed by atoms with Gasteiger partial charge in [-0.1, -0.05) is 26.0 Å². The maximum atomic E-state index is 10.7. The number of benzene rings is 3. The molecule has 3 rings (SSSR count). The molecule has 0 spiro atoms. The fourth-order valence-electron chi connectivity index (χ4n) is 3.16. The van der Waals surface area contributed by atoms with Crippen LogP contribution in [0.25, 0.3) is 0 Å². The van der Waals surface area contributed by atoms with Gasteiger partial charge in [-0.15, -0.1) is 0 Å². The van der Waals surface area contributed by atoms with Crippen molar-refractivity contribution < 1.29 is 14.4 Å². The normalized spacial score (nSPS) is 11.0. The third-order valence-corrected chi connectivity index (χ3v) is 4.97. The second-order valence-electron chi connectivity index (χ2n) is 7.99. The molecule has 0 atom stereocenters. The second kappa shape index (κ2) is 11.7. The van der Waals surface area contributed by atoms with Crippen molar-refractivity contribution in [3.8, 4) is 11.5 Å². The average molecular weight is 448 g/mol. The molecule has 0 heterocycles. The molecular weight excluding hydrogens is 418 g/mol. The molecule has 172 valence electrons. The Balaban J connectivity index is 1.40. The Morgan fingerprint density at radius 1 is 1.00 bits per heavy atom. The van der Waals surface area contributed by atoms with Crippen LogP contribution in [0, 0.1) is 17.0 Å². The smallest absolute Gasteiger partial charge is 0.269 e. The molecule has 0 aromatic heterocycles. The second-order valence-corrected chi connectivity index (χ2v) is 7.99. The van der Waals surface area contributed by atoms with Gasteiger partial charge in [0.1, 0.15) is 11.5 Å². The molecule has 1 N–H and O–H groups in total. The number of nitrogens with zero attached hydrogens (tertiary/aromatic N) is 2. The first-order valence-corrected chi connectivity index (χ1v) is 10.9. The van der Waals surface area contributed by atoms with Crippen LogP contribution in [0.5, 0.6) is 11.5 Å². The zero-order chi connectivity index (χ0) is 23.6. The third-order valence-electron chi connectivity index (χ3n) is 4.97. The van der Waals surface area contributed by atoms with Crippen molar-refractivity contribution in [1.29, 1.82) is 0 Å². The highest BCUT2D eigenvalue weighted by Crippen LogP contribution is 2.27. The van der Waals surface area contributed by atoms with Crippen LogP contribution in [0.4, 0.5) is 11.4 Å². The first-order valence-electron chi connectivity index (χ1n) is 10.9. The SMILES string of the molecule is Cc1ccc(C(C)C)c(OCCCOc2ccc(C=NNc3ccc([N+](=O)[O-])cc3)cc2)c1. The number of anilines is 1. The molecule has 3 aromatic rings. The molecule has 0 bridgehead atoms. The zero-order valence-electron chi connectivity index (χ0n) is 19.2. The van der Waals surface area contributed by atoms with Crippen LogP contribution >= 0.6 is 0 Å². The van der Waals surface area contributed by atoms with Crippen molar-refractivity contribution in [2.45, 2.75) is 33.1 Å². The number of aryl methyl sites for hydroxylation is 1. The lowest BCUT2D eigenvalue weighted by Gasteiger charge is -2.15. The molecule has 7 heteroatoms. The number of hydrogen-bond donors (Lipinski definition) is 1. The van der Waals surface area contributed by atoms with Gasteiger partial charge in [0.15, 0.2) is 0 Å². The lowest BCUT2D eigenvalue weighted by atomic mass is 10.0. The molecule has 0 aliphatic heterocycles. The maximum Gasteiger partial charge on any atom is 0.269 e. The van der Waals surface area contributed by atoms with Crippen LogP contribution < -0.4 is 14.9 Å². The van der Waals surface area contributed by atoms with Crippen molar-refractivity contribution in [2.75, 3.05) is 18.6 Å². The van der Waals surface area contributed by atoms with Crippen molar-refractivity contribution in [1.82, 2.24) is 0 Å². The van der Waals surface area contributed by atoms with Gasteiger partial charge in [-0.2, -0.15) is 5.10 Å². The quantitative estimate of drug-likeness (QED) is 0.161. The van der Waals surface area contributed by atoms with Crippen LogP contribution in [0.15, 0.2) is 71.8 Å². The van der Waals surface area contributed by atoms with Gasteiger partial charge in [0.25, 0.3) is 5.69 Å². The predicted octanol–water partition coefficient (Wildman–Crippen LogP) is 6.32. The Bertz CT molecular complexity index is 1080. The Labute approximate surface area is 194 Å². The van der Waals surface area contributed by atoms with Crippen LogP contribution in [0.3, 0.4) is 0 Å². The lowest BCUT2D eigenvalue weighted by molar-refractivity contribution is -0.384. The number of ether oxygens (including phenoxy) is 2. The number of hydrazone groups is 1. The number of nitro benzene ring substituents is 1. The van der Waals surface area contributed by atoms with Gasteiger partial charge in [-0.3, -0.25) is 15.5 Å². The van der Waals surface area contributed by atoms with E-state index < -0.39 is 4.92 Å². The number of hydrogen-bond acceptors (Lipinski definition) is 6. The van der Waals surface area contributed by atoms with E-state index in [1.54, 1.807) is 18.3 Å². The Morgan fingerprint density at radius 3 is 2.36 bits per heavy atom. The average Bonchev–Trinajstić information content (AvgIpc) is 2.80. The van der Waals surface area contributed by atoms with Gasteiger partial charge in [0.05, 0.1) is 30.0 Å². The number of nitro groups is 1. The molecule has 0 saturated carbocycles. The van der Waals surface area contributed by atoms with Crippen LogP contribution in [-0.4, -0.2) is 24.4 Å². The first-order chi connectivity index (χ1) is 15.9. The van der Waals surface area contributed by atoms with Crippen LogP contribution in [0.2, 0.25) is 0 Å². The van der Waals surface area contributed by atoms with Gasteiger partial charge in [-0.25, -0.2) is 0 Å². The van der Waals surface area contributed by atoms with Gasteiger partial charge in [-0.05, 0) is 72.0 Å². The summed E-state index contributed by atoms with van der Waals surface area (Å²) in [4.78, 5) is 10.2.